The molecule has 3 aliphatic carbocycles. The van der Waals surface area contributed by atoms with Gasteiger partial charge in [-0.15, -0.1) is 0 Å². The first-order valence-electron chi connectivity index (χ1n) is 9.16. The predicted octanol–water partition coefficient (Wildman–Crippen LogP) is 5.95. The fourth-order valence-electron chi connectivity index (χ4n) is 6.60. The van der Waals surface area contributed by atoms with Crippen LogP contribution in [-0.2, 0) is 0 Å². The van der Waals surface area contributed by atoms with E-state index in [4.69, 9.17) is 0 Å². The van der Waals surface area contributed by atoms with Crippen LogP contribution in [0.4, 0.5) is 0 Å². The molecule has 0 N–H and O–H groups in total. The molecule has 0 amide bonds. The molecule has 114 valence electrons. The zero-order chi connectivity index (χ0) is 14.6. The van der Waals surface area contributed by atoms with Crippen LogP contribution in [0.2, 0.25) is 0 Å². The Morgan fingerprint density at radius 3 is 2.67 bits per heavy atom. The van der Waals surface area contributed by atoms with E-state index >= 15 is 0 Å². The third kappa shape index (κ3) is 1.94. The number of aryl methyl sites for hydroxylation is 1. The van der Waals surface area contributed by atoms with Crippen molar-refractivity contribution in [2.75, 3.05) is 0 Å². The van der Waals surface area contributed by atoms with Gasteiger partial charge in [0.25, 0.3) is 0 Å². The van der Waals surface area contributed by atoms with Crippen LogP contribution in [-0.4, -0.2) is 0 Å². The molecule has 3 fully saturated rings. The highest BCUT2D eigenvalue weighted by molar-refractivity contribution is 5.30. The monoisotopic (exact) mass is 282 g/mol. The maximum Gasteiger partial charge on any atom is -0.0154 e. The van der Waals surface area contributed by atoms with Gasteiger partial charge in [-0.2, -0.15) is 0 Å². The summed E-state index contributed by atoms with van der Waals surface area (Å²) in [4.78, 5) is 0. The molecule has 0 spiro atoms. The second kappa shape index (κ2) is 4.86. The van der Waals surface area contributed by atoms with Gasteiger partial charge in [0.05, 0.1) is 0 Å². The largest absolute Gasteiger partial charge is 0.0620 e. The van der Waals surface area contributed by atoms with E-state index in [2.05, 4.69) is 45.0 Å². The van der Waals surface area contributed by atoms with Crippen LogP contribution in [0, 0.1) is 36.0 Å². The van der Waals surface area contributed by atoms with E-state index in [1.807, 2.05) is 0 Å². The summed E-state index contributed by atoms with van der Waals surface area (Å²) in [5.74, 6) is 4.82. The minimum atomic E-state index is 0.653. The lowest BCUT2D eigenvalue weighted by Gasteiger charge is -2.49. The summed E-state index contributed by atoms with van der Waals surface area (Å²) in [6, 6.07) is 9.13. The summed E-state index contributed by atoms with van der Waals surface area (Å²) in [7, 11) is 0. The Bertz CT molecular complexity index is 531. The summed E-state index contributed by atoms with van der Waals surface area (Å²) in [5.41, 5.74) is 3.81. The van der Waals surface area contributed by atoms with Gasteiger partial charge in [0, 0.05) is 0 Å². The highest BCUT2D eigenvalue weighted by Crippen LogP contribution is 2.66. The van der Waals surface area contributed by atoms with E-state index in [0.29, 0.717) is 5.41 Å². The van der Waals surface area contributed by atoms with Crippen molar-refractivity contribution in [3.63, 3.8) is 0 Å². The first kappa shape index (κ1) is 13.9. The van der Waals surface area contributed by atoms with E-state index in [1.54, 1.807) is 5.56 Å². The third-order valence-electron chi connectivity index (χ3n) is 7.82. The van der Waals surface area contributed by atoms with Crippen LogP contribution in [0.15, 0.2) is 24.3 Å². The average molecular weight is 282 g/mol. The van der Waals surface area contributed by atoms with Crippen molar-refractivity contribution < 1.29 is 0 Å². The first-order chi connectivity index (χ1) is 10.1. The lowest BCUT2D eigenvalue weighted by Crippen LogP contribution is -2.41. The molecule has 1 aromatic rings. The maximum absolute atomic E-state index is 2.66. The van der Waals surface area contributed by atoms with E-state index in [9.17, 15) is 0 Å². The molecule has 1 aromatic carbocycles. The summed E-state index contributed by atoms with van der Waals surface area (Å²) < 4.78 is 0. The van der Waals surface area contributed by atoms with Crippen molar-refractivity contribution in [3.8, 4) is 0 Å². The van der Waals surface area contributed by atoms with Crippen LogP contribution >= 0.6 is 0 Å². The third-order valence-corrected chi connectivity index (χ3v) is 7.82. The number of hydrogen-bond acceptors (Lipinski definition) is 0. The Balaban J connectivity index is 1.64. The topological polar surface area (TPSA) is 0 Å². The Labute approximate surface area is 130 Å². The van der Waals surface area contributed by atoms with E-state index in [0.717, 1.165) is 29.6 Å². The van der Waals surface area contributed by atoms with Gasteiger partial charge < -0.3 is 0 Å². The van der Waals surface area contributed by atoms with Gasteiger partial charge in [-0.25, -0.2) is 0 Å². The molecule has 3 aliphatic rings. The van der Waals surface area contributed by atoms with Gasteiger partial charge >= 0.3 is 0 Å². The van der Waals surface area contributed by atoms with E-state index in [-0.39, 0.29) is 0 Å². The molecule has 0 heterocycles. The Morgan fingerprint density at radius 2 is 1.86 bits per heavy atom. The van der Waals surface area contributed by atoms with Crippen molar-refractivity contribution in [1.29, 1.82) is 0 Å². The predicted molar refractivity (Wildman–Crippen MR) is 89.4 cm³/mol. The van der Waals surface area contributed by atoms with E-state index < -0.39 is 0 Å². The van der Waals surface area contributed by atoms with Crippen molar-refractivity contribution >= 4 is 0 Å². The average Bonchev–Trinajstić information content (AvgIpc) is 3.02. The Hall–Kier alpha value is -0.780. The molecule has 0 bridgehead atoms. The zero-order valence-electron chi connectivity index (χ0n) is 13.9. The molecule has 3 saturated carbocycles. The number of benzene rings is 1. The highest BCUT2D eigenvalue weighted by Gasteiger charge is 2.57. The van der Waals surface area contributed by atoms with Gasteiger partial charge in [-0.05, 0) is 78.7 Å². The fraction of sp³-hybridized carbons (Fsp3) is 0.714. The van der Waals surface area contributed by atoms with E-state index in [1.165, 1.54) is 44.1 Å². The zero-order valence-corrected chi connectivity index (χ0v) is 13.9. The smallest absolute Gasteiger partial charge is 0.0154 e. The molecule has 4 rings (SSSR count). The van der Waals surface area contributed by atoms with Crippen LogP contribution in [0.3, 0.4) is 0 Å². The highest BCUT2D eigenvalue weighted by atomic mass is 14.6. The standard InChI is InChI=1S/C21H30/c1-14-7-4-5-9-19(14)17-11-15(2)21(3)18(13-17)12-16-8-6-10-20(16)21/h4-5,7,9,15-18,20H,6,8,10-13H2,1-3H3/t15-,16?,17?,18+,20?,21+/m0/s1. The molecular formula is C21H30. The molecule has 21 heavy (non-hydrogen) atoms. The molecule has 0 nitrogen and oxygen atoms in total. The van der Waals surface area contributed by atoms with Crippen LogP contribution in [0.1, 0.15) is 69.4 Å². The lowest BCUT2D eigenvalue weighted by molar-refractivity contribution is 0.0231. The number of fused-ring (bicyclic) bond motifs is 3. The van der Waals surface area contributed by atoms with Gasteiger partial charge in [-0.1, -0.05) is 51.0 Å². The lowest BCUT2D eigenvalue weighted by atomic mass is 9.56. The quantitative estimate of drug-likeness (QED) is 0.597. The fourth-order valence-corrected chi connectivity index (χ4v) is 6.60. The number of rotatable bonds is 1. The molecule has 6 atom stereocenters. The molecule has 3 unspecified atom stereocenters. The summed E-state index contributed by atoms with van der Waals surface area (Å²) in [6.45, 7) is 7.53. The molecule has 0 saturated heterocycles. The second-order valence-corrected chi connectivity index (χ2v) is 8.52. The van der Waals surface area contributed by atoms with Crippen LogP contribution < -0.4 is 0 Å². The van der Waals surface area contributed by atoms with Crippen molar-refractivity contribution in [3.05, 3.63) is 35.4 Å². The summed E-state index contributed by atoms with van der Waals surface area (Å²) >= 11 is 0. The molecule has 0 heteroatoms. The minimum Gasteiger partial charge on any atom is -0.0620 e. The van der Waals surface area contributed by atoms with Crippen LogP contribution in [0.25, 0.3) is 0 Å². The van der Waals surface area contributed by atoms with Crippen molar-refractivity contribution in [1.82, 2.24) is 0 Å². The van der Waals surface area contributed by atoms with Crippen molar-refractivity contribution in [2.24, 2.45) is 29.1 Å². The minimum absolute atomic E-state index is 0.653. The number of hydrogen-bond donors (Lipinski definition) is 0. The van der Waals surface area contributed by atoms with Crippen molar-refractivity contribution in [2.45, 2.75) is 65.2 Å². The van der Waals surface area contributed by atoms with Gasteiger partial charge in [-0.3, -0.25) is 0 Å². The maximum atomic E-state index is 2.66. The molecule has 0 radical (unpaired) electrons. The Morgan fingerprint density at radius 1 is 1.05 bits per heavy atom. The molecule has 0 aromatic heterocycles. The normalized spacial score (nSPS) is 45.4. The SMILES string of the molecule is Cc1ccccc1C1C[C@H]2CC3CCCC3[C@]2(C)[C@@H](C)C1. The van der Waals surface area contributed by atoms with Gasteiger partial charge in [0.2, 0.25) is 0 Å². The summed E-state index contributed by atoms with van der Waals surface area (Å²) in [6.07, 6.45) is 8.97. The van der Waals surface area contributed by atoms with Crippen LogP contribution in [0.5, 0.6) is 0 Å². The summed E-state index contributed by atoms with van der Waals surface area (Å²) in [5, 5.41) is 0. The second-order valence-electron chi connectivity index (χ2n) is 8.52. The molecular weight excluding hydrogens is 252 g/mol. The van der Waals surface area contributed by atoms with Gasteiger partial charge in [0.15, 0.2) is 0 Å². The molecule has 0 aliphatic heterocycles. The van der Waals surface area contributed by atoms with Gasteiger partial charge in [0.1, 0.15) is 0 Å². The Kier molecular flexibility index (Phi) is 3.21. The first-order valence-corrected chi connectivity index (χ1v) is 9.16.